The third-order valence-corrected chi connectivity index (χ3v) is 0.810. The monoisotopic (exact) mass is 113 g/mol. The Morgan fingerprint density at radius 1 is 1.88 bits per heavy atom. The predicted octanol–water partition coefficient (Wildman–Crippen LogP) is 0.268. The minimum absolute atomic E-state index is 0.0442. The molecule has 0 aromatic heterocycles. The molecule has 0 aromatic carbocycles. The summed E-state index contributed by atoms with van der Waals surface area (Å²) in [4.78, 5) is 0. The molecule has 0 radical (unpaired) electrons. The van der Waals surface area contributed by atoms with Gasteiger partial charge < -0.3 is 10.4 Å². The molecular formula is C6H11NO. The number of hydrogen-bond acceptors (Lipinski definition) is 2. The molecular weight excluding hydrogens is 102 g/mol. The van der Waals surface area contributed by atoms with Gasteiger partial charge in [-0.3, -0.25) is 0 Å². The molecule has 2 heteroatoms. The van der Waals surface area contributed by atoms with Gasteiger partial charge in [-0.2, -0.15) is 0 Å². The summed E-state index contributed by atoms with van der Waals surface area (Å²) in [5.41, 5.74) is 0.778. The van der Waals surface area contributed by atoms with Crippen LogP contribution in [0.2, 0.25) is 0 Å². The second-order valence-electron chi connectivity index (χ2n) is 1.34. The van der Waals surface area contributed by atoms with Crippen LogP contribution in [0.4, 0.5) is 0 Å². The minimum Gasteiger partial charge on any atom is -0.390 e. The van der Waals surface area contributed by atoms with Crippen molar-refractivity contribution in [1.82, 2.24) is 5.32 Å². The van der Waals surface area contributed by atoms with Crippen LogP contribution in [-0.4, -0.2) is 18.8 Å². The second kappa shape index (κ2) is 4.40. The Labute approximate surface area is 49.5 Å². The molecule has 46 valence electrons. The Hall–Kier alpha value is -0.760. The first-order valence-electron chi connectivity index (χ1n) is 2.45. The largest absolute Gasteiger partial charge is 0.390 e. The van der Waals surface area contributed by atoms with Crippen molar-refractivity contribution in [1.29, 1.82) is 0 Å². The summed E-state index contributed by atoms with van der Waals surface area (Å²) < 4.78 is 0. The van der Waals surface area contributed by atoms with Gasteiger partial charge in [0.2, 0.25) is 0 Å². The standard InChI is InChI=1S/C6H11NO/c1-3-4-6(5-8)7-2/h3-4,7-8H,1,5H2,2H3/b6-4-. The first kappa shape index (κ1) is 7.24. The zero-order valence-corrected chi connectivity index (χ0v) is 5.02. The third-order valence-electron chi connectivity index (χ3n) is 0.810. The van der Waals surface area contributed by atoms with Crippen LogP contribution in [-0.2, 0) is 0 Å². The van der Waals surface area contributed by atoms with Gasteiger partial charge in [-0.15, -0.1) is 0 Å². The molecule has 2 N–H and O–H groups in total. The molecule has 0 heterocycles. The van der Waals surface area contributed by atoms with Gasteiger partial charge in [-0.25, -0.2) is 0 Å². The highest BCUT2D eigenvalue weighted by Gasteiger charge is 1.82. The van der Waals surface area contributed by atoms with E-state index in [1.54, 1.807) is 19.2 Å². The fourth-order valence-corrected chi connectivity index (χ4v) is 0.357. The van der Waals surface area contributed by atoms with Crippen molar-refractivity contribution in [3.05, 3.63) is 24.4 Å². The summed E-state index contributed by atoms with van der Waals surface area (Å²) in [5.74, 6) is 0. The average molecular weight is 113 g/mol. The maximum absolute atomic E-state index is 8.48. The molecule has 0 aliphatic rings. The van der Waals surface area contributed by atoms with Crippen molar-refractivity contribution in [2.24, 2.45) is 0 Å². The van der Waals surface area contributed by atoms with Gasteiger partial charge in [0, 0.05) is 12.7 Å². The van der Waals surface area contributed by atoms with Crippen LogP contribution < -0.4 is 5.32 Å². The molecule has 0 rings (SSSR count). The van der Waals surface area contributed by atoms with E-state index < -0.39 is 0 Å². The smallest absolute Gasteiger partial charge is 0.0827 e. The Balaban J connectivity index is 3.66. The van der Waals surface area contributed by atoms with Crippen molar-refractivity contribution < 1.29 is 5.11 Å². The van der Waals surface area contributed by atoms with E-state index in [4.69, 9.17) is 5.11 Å². The van der Waals surface area contributed by atoms with Gasteiger partial charge in [-0.1, -0.05) is 12.7 Å². The first-order valence-corrected chi connectivity index (χ1v) is 2.45. The Morgan fingerprint density at radius 3 is 2.62 bits per heavy atom. The molecule has 0 saturated carbocycles. The lowest BCUT2D eigenvalue weighted by atomic mass is 10.4. The number of likely N-dealkylation sites (N-methyl/N-ethyl adjacent to an activating group) is 1. The summed E-state index contributed by atoms with van der Waals surface area (Å²) in [6.07, 6.45) is 3.35. The third kappa shape index (κ3) is 2.42. The molecule has 0 bridgehead atoms. The van der Waals surface area contributed by atoms with Crippen LogP contribution in [0.15, 0.2) is 24.4 Å². The van der Waals surface area contributed by atoms with E-state index in [-0.39, 0.29) is 6.61 Å². The van der Waals surface area contributed by atoms with Gasteiger partial charge in [-0.05, 0) is 6.08 Å². The molecule has 2 nitrogen and oxygen atoms in total. The van der Waals surface area contributed by atoms with Crippen LogP contribution in [0.25, 0.3) is 0 Å². The summed E-state index contributed by atoms with van der Waals surface area (Å²) in [7, 11) is 1.76. The molecule has 0 aliphatic heterocycles. The summed E-state index contributed by atoms with van der Waals surface area (Å²) in [6.45, 7) is 3.51. The summed E-state index contributed by atoms with van der Waals surface area (Å²) in [5, 5.41) is 11.3. The van der Waals surface area contributed by atoms with E-state index in [0.29, 0.717) is 0 Å². The van der Waals surface area contributed by atoms with E-state index in [1.165, 1.54) is 0 Å². The van der Waals surface area contributed by atoms with Crippen LogP contribution in [0.1, 0.15) is 0 Å². The summed E-state index contributed by atoms with van der Waals surface area (Å²) in [6, 6.07) is 0. The lowest BCUT2D eigenvalue weighted by Gasteiger charge is -1.97. The van der Waals surface area contributed by atoms with E-state index in [9.17, 15) is 0 Å². The highest BCUT2D eigenvalue weighted by atomic mass is 16.3. The average Bonchev–Trinajstić information content (AvgIpc) is 1.83. The molecule has 0 fully saturated rings. The number of hydrogen-bond donors (Lipinski definition) is 2. The van der Waals surface area contributed by atoms with Crippen LogP contribution >= 0.6 is 0 Å². The molecule has 8 heavy (non-hydrogen) atoms. The SMILES string of the molecule is C=C/C=C(/CO)NC. The quantitative estimate of drug-likeness (QED) is 0.515. The fourth-order valence-electron chi connectivity index (χ4n) is 0.357. The normalized spacial score (nSPS) is 11.0. The predicted molar refractivity (Wildman–Crippen MR) is 34.4 cm³/mol. The van der Waals surface area contributed by atoms with Gasteiger partial charge in [0.1, 0.15) is 0 Å². The Kier molecular flexibility index (Phi) is 3.98. The zero-order valence-electron chi connectivity index (χ0n) is 5.02. The number of nitrogens with one attached hydrogen (secondary N) is 1. The van der Waals surface area contributed by atoms with Crippen LogP contribution in [0, 0.1) is 0 Å². The van der Waals surface area contributed by atoms with Crippen molar-refractivity contribution in [3.8, 4) is 0 Å². The van der Waals surface area contributed by atoms with E-state index in [0.717, 1.165) is 5.70 Å². The van der Waals surface area contributed by atoms with Crippen LogP contribution in [0.5, 0.6) is 0 Å². The Morgan fingerprint density at radius 2 is 2.50 bits per heavy atom. The number of aliphatic hydroxyl groups excluding tert-OH is 1. The molecule has 0 saturated heterocycles. The lowest BCUT2D eigenvalue weighted by Crippen LogP contribution is -2.08. The van der Waals surface area contributed by atoms with Gasteiger partial charge in [0.25, 0.3) is 0 Å². The van der Waals surface area contributed by atoms with Crippen LogP contribution in [0.3, 0.4) is 0 Å². The van der Waals surface area contributed by atoms with Gasteiger partial charge in [0.15, 0.2) is 0 Å². The maximum Gasteiger partial charge on any atom is 0.0827 e. The fraction of sp³-hybridized carbons (Fsp3) is 0.333. The number of allylic oxidation sites excluding steroid dienone is 2. The number of rotatable bonds is 3. The highest BCUT2D eigenvalue weighted by Crippen LogP contribution is 1.83. The summed E-state index contributed by atoms with van der Waals surface area (Å²) >= 11 is 0. The van der Waals surface area contributed by atoms with Crippen molar-refractivity contribution in [2.45, 2.75) is 0 Å². The van der Waals surface area contributed by atoms with E-state index >= 15 is 0 Å². The zero-order chi connectivity index (χ0) is 6.41. The van der Waals surface area contributed by atoms with Gasteiger partial charge in [0.05, 0.1) is 6.61 Å². The highest BCUT2D eigenvalue weighted by molar-refractivity contribution is 5.07. The lowest BCUT2D eigenvalue weighted by molar-refractivity contribution is 0.324. The molecule has 0 atom stereocenters. The van der Waals surface area contributed by atoms with E-state index in [2.05, 4.69) is 11.9 Å². The second-order valence-corrected chi connectivity index (χ2v) is 1.34. The molecule has 0 unspecified atom stereocenters. The maximum atomic E-state index is 8.48. The molecule has 0 amide bonds. The first-order chi connectivity index (χ1) is 3.85. The van der Waals surface area contributed by atoms with Crippen molar-refractivity contribution in [3.63, 3.8) is 0 Å². The topological polar surface area (TPSA) is 32.3 Å². The minimum atomic E-state index is 0.0442. The molecule has 0 spiro atoms. The van der Waals surface area contributed by atoms with Crippen molar-refractivity contribution in [2.75, 3.05) is 13.7 Å². The molecule has 0 aliphatic carbocycles. The van der Waals surface area contributed by atoms with E-state index in [1.807, 2.05) is 0 Å². The Bertz CT molecular complexity index is 90.7. The van der Waals surface area contributed by atoms with Crippen molar-refractivity contribution >= 4 is 0 Å². The van der Waals surface area contributed by atoms with Gasteiger partial charge >= 0.3 is 0 Å². The number of aliphatic hydroxyl groups is 1. The molecule has 0 aromatic rings.